The number of fused-ring (bicyclic) bond motifs is 4. The molecule has 0 bridgehead atoms. The molecule has 75 heavy (non-hydrogen) atoms. The van der Waals surface area contributed by atoms with Crippen LogP contribution < -0.4 is 10.2 Å². The molecule has 0 unspecified atom stereocenters. The number of benzene rings is 11. The lowest BCUT2D eigenvalue weighted by Gasteiger charge is -2.35. The van der Waals surface area contributed by atoms with Crippen LogP contribution in [0.2, 0.25) is 0 Å². The zero-order valence-corrected chi connectivity index (χ0v) is 41.2. The Kier molecular flexibility index (Phi) is 11.6. The first-order chi connectivity index (χ1) is 37.2. The lowest BCUT2D eigenvalue weighted by molar-refractivity contribution is 0.768. The average Bonchev–Trinajstić information content (AvgIpc) is 3.83. The van der Waals surface area contributed by atoms with Gasteiger partial charge in [0.05, 0.1) is 28.2 Å². The molecule has 0 amide bonds. The number of nitrogens with zero attached hydrogens (tertiary/aromatic N) is 1. The highest BCUT2D eigenvalue weighted by atomic mass is 15.1. The van der Waals surface area contributed by atoms with Crippen molar-refractivity contribution in [1.29, 1.82) is 5.41 Å². The van der Waals surface area contributed by atoms with Crippen molar-refractivity contribution in [1.82, 2.24) is 5.32 Å². The maximum Gasteiger partial charge on any atom is 0.0714 e. The van der Waals surface area contributed by atoms with Crippen LogP contribution in [0.3, 0.4) is 0 Å². The van der Waals surface area contributed by atoms with Crippen LogP contribution in [-0.4, -0.2) is 5.71 Å². The van der Waals surface area contributed by atoms with Gasteiger partial charge in [0, 0.05) is 39.2 Å². The maximum atomic E-state index is 10.1. The molecule has 354 valence electrons. The van der Waals surface area contributed by atoms with Crippen molar-refractivity contribution in [2.24, 2.45) is 0 Å². The molecule has 2 aliphatic rings. The van der Waals surface area contributed by atoms with Crippen LogP contribution in [-0.2, 0) is 5.41 Å². The summed E-state index contributed by atoms with van der Waals surface area (Å²) in [7, 11) is 0. The van der Waals surface area contributed by atoms with Crippen LogP contribution in [0, 0.1) is 5.41 Å². The van der Waals surface area contributed by atoms with Gasteiger partial charge in [0.15, 0.2) is 0 Å². The van der Waals surface area contributed by atoms with Gasteiger partial charge in [0.2, 0.25) is 0 Å². The van der Waals surface area contributed by atoms with E-state index in [9.17, 15) is 5.41 Å². The SMILES string of the molecule is N=C(/C(=C1\NC(c2ccccc2)=Cc2ccc(N(c3ccccc3-c3ccccc3-c3ccccc3)c3cccc4c3-c3ccccc3C4(c3ccccc3)c3ccccc3)cc21)c1ccccc1)c1ccccc1. The van der Waals surface area contributed by atoms with Crippen molar-refractivity contribution in [2.45, 2.75) is 5.41 Å². The van der Waals surface area contributed by atoms with Crippen molar-refractivity contribution < 1.29 is 0 Å². The normalized spacial score (nSPS) is 13.6. The zero-order valence-electron chi connectivity index (χ0n) is 41.2. The van der Waals surface area contributed by atoms with Crippen molar-refractivity contribution in [3.8, 4) is 33.4 Å². The third-order valence-electron chi connectivity index (χ3n) is 15.0. The first-order valence-electron chi connectivity index (χ1n) is 25.7. The van der Waals surface area contributed by atoms with Crippen LogP contribution in [0.15, 0.2) is 291 Å². The fraction of sp³-hybridized carbons (Fsp3) is 0.0139. The van der Waals surface area contributed by atoms with Gasteiger partial charge in [-0.15, -0.1) is 0 Å². The fourth-order valence-electron chi connectivity index (χ4n) is 11.7. The molecule has 2 N–H and O–H groups in total. The van der Waals surface area contributed by atoms with E-state index in [0.29, 0.717) is 5.71 Å². The third kappa shape index (κ3) is 7.81. The number of rotatable bonds is 11. The van der Waals surface area contributed by atoms with Gasteiger partial charge < -0.3 is 10.2 Å². The second-order valence-corrected chi connectivity index (χ2v) is 19.2. The quantitative estimate of drug-likeness (QED) is 0.127. The molecule has 0 saturated heterocycles. The third-order valence-corrected chi connectivity index (χ3v) is 15.0. The summed E-state index contributed by atoms with van der Waals surface area (Å²) < 4.78 is 0. The van der Waals surface area contributed by atoms with Gasteiger partial charge in [-0.1, -0.05) is 267 Å². The molecule has 3 nitrogen and oxygen atoms in total. The number of nitrogens with one attached hydrogen (secondary N) is 2. The molecule has 0 fully saturated rings. The molecule has 1 heterocycles. The summed E-state index contributed by atoms with van der Waals surface area (Å²) >= 11 is 0. The molecule has 11 aromatic carbocycles. The van der Waals surface area contributed by atoms with Crippen LogP contribution >= 0.6 is 0 Å². The molecule has 11 aromatic rings. The van der Waals surface area contributed by atoms with Gasteiger partial charge in [0.25, 0.3) is 0 Å². The number of para-hydroxylation sites is 1. The van der Waals surface area contributed by atoms with E-state index < -0.39 is 5.41 Å². The summed E-state index contributed by atoms with van der Waals surface area (Å²) in [6.45, 7) is 0. The van der Waals surface area contributed by atoms with Crippen molar-refractivity contribution >= 4 is 45.8 Å². The van der Waals surface area contributed by atoms with Crippen LogP contribution in [0.25, 0.3) is 56.4 Å². The minimum atomic E-state index is -0.605. The molecule has 1 aliphatic heterocycles. The van der Waals surface area contributed by atoms with Gasteiger partial charge >= 0.3 is 0 Å². The summed E-state index contributed by atoms with van der Waals surface area (Å²) in [6.07, 6.45) is 2.26. The van der Waals surface area contributed by atoms with Crippen molar-refractivity contribution in [3.05, 3.63) is 341 Å². The number of hydrogen-bond donors (Lipinski definition) is 2. The summed E-state index contributed by atoms with van der Waals surface area (Å²) in [5.41, 5.74) is 22.3. The number of allylic oxidation sites excluding steroid dienone is 1. The van der Waals surface area contributed by atoms with Crippen LogP contribution in [0.1, 0.15) is 50.1 Å². The predicted octanol–water partition coefficient (Wildman–Crippen LogP) is 17.9. The van der Waals surface area contributed by atoms with Crippen molar-refractivity contribution in [2.75, 3.05) is 4.90 Å². The van der Waals surface area contributed by atoms with E-state index in [0.717, 1.165) is 84.1 Å². The largest absolute Gasteiger partial charge is 0.354 e. The fourth-order valence-corrected chi connectivity index (χ4v) is 11.7. The van der Waals surface area contributed by atoms with Gasteiger partial charge in [-0.25, -0.2) is 0 Å². The van der Waals surface area contributed by atoms with E-state index in [1.807, 2.05) is 36.4 Å². The van der Waals surface area contributed by atoms with Gasteiger partial charge in [-0.05, 0) is 91.5 Å². The highest BCUT2D eigenvalue weighted by Gasteiger charge is 2.47. The predicted molar refractivity (Wildman–Crippen MR) is 313 cm³/mol. The summed E-state index contributed by atoms with van der Waals surface area (Å²) in [5, 5.41) is 14.1. The molecular weight excluding hydrogens is 907 g/mol. The zero-order chi connectivity index (χ0) is 50.1. The van der Waals surface area contributed by atoms with E-state index in [4.69, 9.17) is 0 Å². The van der Waals surface area contributed by atoms with Crippen LogP contribution in [0.4, 0.5) is 17.1 Å². The van der Waals surface area contributed by atoms with E-state index in [1.54, 1.807) is 0 Å². The van der Waals surface area contributed by atoms with Gasteiger partial charge in [-0.2, -0.15) is 0 Å². The topological polar surface area (TPSA) is 39.1 Å². The second-order valence-electron chi connectivity index (χ2n) is 19.2. The highest BCUT2D eigenvalue weighted by molar-refractivity contribution is 6.36. The minimum absolute atomic E-state index is 0.435. The highest BCUT2D eigenvalue weighted by Crippen LogP contribution is 2.60. The Labute approximate surface area is 439 Å². The molecule has 3 heteroatoms. The maximum absolute atomic E-state index is 10.1. The summed E-state index contributed by atoms with van der Waals surface area (Å²) in [5.74, 6) is 0. The first kappa shape index (κ1) is 45.1. The molecule has 0 radical (unpaired) electrons. The van der Waals surface area contributed by atoms with E-state index in [2.05, 4.69) is 271 Å². The van der Waals surface area contributed by atoms with E-state index >= 15 is 0 Å². The van der Waals surface area contributed by atoms with Gasteiger partial charge in [0.1, 0.15) is 0 Å². The van der Waals surface area contributed by atoms with Gasteiger partial charge in [-0.3, -0.25) is 5.41 Å². The molecule has 0 saturated carbocycles. The first-order valence-corrected chi connectivity index (χ1v) is 25.7. The molecular formula is C72H51N3. The Morgan fingerprint density at radius 2 is 0.867 bits per heavy atom. The molecule has 1 aliphatic carbocycles. The van der Waals surface area contributed by atoms with E-state index in [1.165, 1.54) is 33.4 Å². The van der Waals surface area contributed by atoms with E-state index in [-0.39, 0.29) is 0 Å². The molecule has 0 aromatic heterocycles. The lowest BCUT2D eigenvalue weighted by atomic mass is 9.68. The smallest absolute Gasteiger partial charge is 0.0714 e. The number of anilines is 3. The Hall–Kier alpha value is -9.83. The van der Waals surface area contributed by atoms with Crippen molar-refractivity contribution in [3.63, 3.8) is 0 Å². The molecule has 0 atom stereocenters. The summed E-state index contributed by atoms with van der Waals surface area (Å²) in [4.78, 5) is 2.50. The lowest BCUT2D eigenvalue weighted by Crippen LogP contribution is -2.28. The summed E-state index contributed by atoms with van der Waals surface area (Å²) in [6, 6.07) is 104. The minimum Gasteiger partial charge on any atom is -0.354 e. The number of hydrogen-bond acceptors (Lipinski definition) is 3. The average molecular weight is 958 g/mol. The van der Waals surface area contributed by atoms with Crippen LogP contribution in [0.5, 0.6) is 0 Å². The molecule has 0 spiro atoms. The Bertz CT molecular complexity index is 3920. The monoisotopic (exact) mass is 957 g/mol. The Morgan fingerprint density at radius 3 is 1.52 bits per heavy atom. The standard InChI is InChI=1S/C72H51N3/c73-70(53-32-13-4-14-33-53)68(52-30-11-3-12-31-52)71-62-49-57(47-46-54(62)48-65(74-71)51-28-9-2-10-29-51)75(66-44-24-22-40-60(66)59-39-20-19-38-58(59)50-26-7-1-8-27-50)67-45-25-43-64-69(67)61-41-21-23-42-63(61)72(64,55-34-15-5-16-35-55)56-36-17-6-18-37-56/h1-49,73-74H/b71-68-,73-70?. The Balaban J connectivity index is 1.13. The second kappa shape index (κ2) is 19.3. The Morgan fingerprint density at radius 1 is 0.373 bits per heavy atom. The molecule has 13 rings (SSSR count).